The van der Waals surface area contributed by atoms with E-state index >= 15 is 0 Å². The van der Waals surface area contributed by atoms with Crippen LogP contribution >= 0.6 is 0 Å². The van der Waals surface area contributed by atoms with E-state index in [0.717, 1.165) is 35.0 Å². The Balaban J connectivity index is 1.76. The van der Waals surface area contributed by atoms with Crippen molar-refractivity contribution in [1.82, 2.24) is 9.55 Å². The summed E-state index contributed by atoms with van der Waals surface area (Å²) in [7, 11) is 1.29. The molecule has 27 heavy (non-hydrogen) atoms. The van der Waals surface area contributed by atoms with Crippen LogP contribution in [0.5, 0.6) is 0 Å². The fraction of sp³-hybridized carbons (Fsp3) is 0.381. The third-order valence-corrected chi connectivity index (χ3v) is 5.57. The molecule has 0 radical (unpaired) electrons. The second kappa shape index (κ2) is 6.46. The Bertz CT molecular complexity index is 1010. The zero-order valence-corrected chi connectivity index (χ0v) is 15.5. The summed E-state index contributed by atoms with van der Waals surface area (Å²) in [4.78, 5) is 29.2. The van der Waals surface area contributed by atoms with Crippen molar-refractivity contribution in [3.8, 4) is 0 Å². The summed E-state index contributed by atoms with van der Waals surface area (Å²) in [5.41, 5.74) is 2.35. The van der Waals surface area contributed by atoms with E-state index in [-0.39, 0.29) is 12.2 Å². The van der Waals surface area contributed by atoms with Gasteiger partial charge in [0, 0.05) is 23.5 Å². The SMILES string of the molecule is CCC(O)(CC(=O)OC)C1=CC(=O)c2nc3c4n(cc3cc2C1)C=CCC4. The number of allylic oxidation sites excluding steroid dienone is 2. The van der Waals surface area contributed by atoms with Gasteiger partial charge in [0.05, 0.1) is 24.6 Å². The van der Waals surface area contributed by atoms with Gasteiger partial charge in [-0.1, -0.05) is 13.0 Å². The Morgan fingerprint density at radius 3 is 3.00 bits per heavy atom. The molecule has 6 heteroatoms. The van der Waals surface area contributed by atoms with Crippen LogP contribution in [0, 0.1) is 0 Å². The van der Waals surface area contributed by atoms with Gasteiger partial charge in [-0.3, -0.25) is 9.59 Å². The number of pyridine rings is 1. The number of fused-ring (bicyclic) bond motifs is 4. The molecule has 6 nitrogen and oxygen atoms in total. The summed E-state index contributed by atoms with van der Waals surface area (Å²) < 4.78 is 6.77. The van der Waals surface area contributed by atoms with Gasteiger partial charge in [0.15, 0.2) is 0 Å². The summed E-state index contributed by atoms with van der Waals surface area (Å²) in [6, 6.07) is 1.98. The number of carbonyl (C=O) groups is 2. The van der Waals surface area contributed by atoms with E-state index in [0.29, 0.717) is 24.1 Å². The van der Waals surface area contributed by atoms with Crippen molar-refractivity contribution < 1.29 is 19.4 Å². The minimum atomic E-state index is -1.39. The fourth-order valence-corrected chi connectivity index (χ4v) is 3.95. The highest BCUT2D eigenvalue weighted by Gasteiger charge is 2.36. The van der Waals surface area contributed by atoms with Gasteiger partial charge in [0.25, 0.3) is 0 Å². The molecule has 0 amide bonds. The minimum Gasteiger partial charge on any atom is -0.469 e. The molecule has 140 valence electrons. The van der Waals surface area contributed by atoms with Crippen molar-refractivity contribution in [3.63, 3.8) is 0 Å². The van der Waals surface area contributed by atoms with Gasteiger partial charge in [-0.25, -0.2) is 4.98 Å². The Morgan fingerprint density at radius 2 is 2.26 bits per heavy atom. The van der Waals surface area contributed by atoms with Gasteiger partial charge in [-0.05, 0) is 49.0 Å². The molecule has 0 bridgehead atoms. The topological polar surface area (TPSA) is 81.4 Å². The molecule has 2 aromatic heterocycles. The Kier molecular flexibility index (Phi) is 4.23. The van der Waals surface area contributed by atoms with Crippen LogP contribution in [-0.2, 0) is 22.4 Å². The molecule has 0 aromatic carbocycles. The van der Waals surface area contributed by atoms with Crippen LogP contribution in [0.3, 0.4) is 0 Å². The number of hydrogen-bond acceptors (Lipinski definition) is 5. The van der Waals surface area contributed by atoms with E-state index in [4.69, 9.17) is 4.74 Å². The number of methoxy groups -OCH3 is 1. The van der Waals surface area contributed by atoms with Crippen LogP contribution in [0.4, 0.5) is 0 Å². The summed E-state index contributed by atoms with van der Waals surface area (Å²) in [6.07, 6.45) is 10.0. The first-order chi connectivity index (χ1) is 12.9. The maximum atomic E-state index is 12.8. The van der Waals surface area contributed by atoms with Gasteiger partial charge in [0.1, 0.15) is 5.69 Å². The summed E-state index contributed by atoms with van der Waals surface area (Å²) in [5.74, 6) is -0.727. The van der Waals surface area contributed by atoms with Gasteiger partial charge in [-0.2, -0.15) is 0 Å². The average molecular weight is 366 g/mol. The average Bonchev–Trinajstić information content (AvgIpc) is 3.03. The molecular formula is C21H22N2O4. The molecule has 2 aliphatic rings. The Hall–Kier alpha value is -2.73. The molecule has 1 aliphatic carbocycles. The zero-order chi connectivity index (χ0) is 19.2. The van der Waals surface area contributed by atoms with Gasteiger partial charge >= 0.3 is 5.97 Å². The quantitative estimate of drug-likeness (QED) is 0.842. The molecule has 0 saturated carbocycles. The van der Waals surface area contributed by atoms with Crippen molar-refractivity contribution in [1.29, 1.82) is 0 Å². The van der Waals surface area contributed by atoms with Crippen LogP contribution in [0.25, 0.3) is 17.1 Å². The number of aliphatic hydroxyl groups is 1. The maximum Gasteiger partial charge on any atom is 0.308 e. The number of esters is 1. The van der Waals surface area contributed by atoms with Crippen LogP contribution in [0.2, 0.25) is 0 Å². The molecule has 2 aromatic rings. The van der Waals surface area contributed by atoms with Crippen molar-refractivity contribution in [2.45, 2.75) is 44.6 Å². The van der Waals surface area contributed by atoms with Crippen LogP contribution in [0.15, 0.2) is 30.0 Å². The standard InChI is InChI=1S/C21H22N2O4/c1-3-21(26,11-18(25)27-2)15-9-13-8-14-12-23-7-5-4-6-16(23)19(14)22-20(13)17(24)10-15/h5,7-8,10,12,26H,3-4,6,9,11H2,1-2H3. The van der Waals surface area contributed by atoms with E-state index in [9.17, 15) is 14.7 Å². The van der Waals surface area contributed by atoms with E-state index in [1.54, 1.807) is 6.92 Å². The Morgan fingerprint density at radius 1 is 1.44 bits per heavy atom. The number of rotatable bonds is 4. The lowest BCUT2D eigenvalue weighted by Gasteiger charge is -2.31. The first-order valence-corrected chi connectivity index (χ1v) is 9.19. The third kappa shape index (κ3) is 2.90. The smallest absolute Gasteiger partial charge is 0.308 e. The van der Waals surface area contributed by atoms with Crippen molar-refractivity contribution in [2.24, 2.45) is 0 Å². The predicted octanol–water partition coefficient (Wildman–Crippen LogP) is 2.82. The van der Waals surface area contributed by atoms with Crippen molar-refractivity contribution >= 4 is 28.9 Å². The Labute approximate surface area is 157 Å². The second-order valence-corrected chi connectivity index (χ2v) is 7.19. The van der Waals surface area contributed by atoms with Crippen molar-refractivity contribution in [2.75, 3.05) is 7.11 Å². The zero-order valence-electron chi connectivity index (χ0n) is 15.5. The molecule has 0 spiro atoms. The number of nitrogens with zero attached hydrogens (tertiary/aromatic N) is 2. The molecule has 1 aliphatic heterocycles. The van der Waals surface area contributed by atoms with E-state index in [2.05, 4.69) is 15.6 Å². The first-order valence-electron chi connectivity index (χ1n) is 9.19. The van der Waals surface area contributed by atoms with E-state index in [1.807, 2.05) is 18.5 Å². The number of hydrogen-bond donors (Lipinski definition) is 1. The molecule has 0 saturated heterocycles. The molecule has 0 fully saturated rings. The molecule has 1 atom stereocenters. The number of aromatic nitrogens is 2. The largest absolute Gasteiger partial charge is 0.469 e. The summed E-state index contributed by atoms with van der Waals surface area (Å²) >= 11 is 0. The number of aryl methyl sites for hydroxylation is 1. The fourth-order valence-electron chi connectivity index (χ4n) is 3.95. The predicted molar refractivity (Wildman–Crippen MR) is 101 cm³/mol. The van der Waals surface area contributed by atoms with Crippen LogP contribution in [0.1, 0.15) is 47.9 Å². The normalized spacial score (nSPS) is 17.9. The lowest BCUT2D eigenvalue weighted by Crippen LogP contribution is -2.36. The van der Waals surface area contributed by atoms with Gasteiger partial charge < -0.3 is 14.4 Å². The molecule has 3 heterocycles. The molecular weight excluding hydrogens is 344 g/mol. The number of carbonyl (C=O) groups excluding carboxylic acids is 2. The van der Waals surface area contributed by atoms with Crippen molar-refractivity contribution in [3.05, 3.63) is 46.9 Å². The summed E-state index contributed by atoms with van der Waals surface area (Å²) in [6.45, 7) is 1.79. The van der Waals surface area contributed by atoms with E-state index in [1.165, 1.54) is 13.2 Å². The molecule has 4 rings (SSSR count). The first kappa shape index (κ1) is 17.7. The van der Waals surface area contributed by atoms with Crippen LogP contribution < -0.4 is 0 Å². The molecule has 1 unspecified atom stereocenters. The number of ketones is 1. The number of ether oxygens (including phenoxy) is 1. The van der Waals surface area contributed by atoms with Gasteiger partial charge in [-0.15, -0.1) is 0 Å². The molecule has 1 N–H and O–H groups in total. The highest BCUT2D eigenvalue weighted by molar-refractivity contribution is 6.07. The second-order valence-electron chi connectivity index (χ2n) is 7.19. The monoisotopic (exact) mass is 366 g/mol. The van der Waals surface area contributed by atoms with Gasteiger partial charge in [0.2, 0.25) is 5.78 Å². The highest BCUT2D eigenvalue weighted by atomic mass is 16.5. The highest BCUT2D eigenvalue weighted by Crippen LogP contribution is 2.35. The third-order valence-electron chi connectivity index (χ3n) is 5.57. The lowest BCUT2D eigenvalue weighted by molar-refractivity contribution is -0.145. The summed E-state index contributed by atoms with van der Waals surface area (Å²) in [5, 5.41) is 12.0. The lowest BCUT2D eigenvalue weighted by atomic mass is 9.80. The van der Waals surface area contributed by atoms with Crippen LogP contribution in [-0.4, -0.2) is 39.1 Å². The minimum absolute atomic E-state index is 0.171. The van der Waals surface area contributed by atoms with E-state index < -0.39 is 11.6 Å². The maximum absolute atomic E-state index is 12.8.